The zero-order valence-corrected chi connectivity index (χ0v) is 16.5. The van der Waals surface area contributed by atoms with Gasteiger partial charge >= 0.3 is 5.97 Å². The van der Waals surface area contributed by atoms with E-state index in [-0.39, 0.29) is 5.97 Å². The summed E-state index contributed by atoms with van der Waals surface area (Å²) in [6, 6.07) is 19.0. The first-order valence-electron chi connectivity index (χ1n) is 10.2. The lowest BCUT2D eigenvalue weighted by atomic mass is 10.0. The van der Waals surface area contributed by atoms with Crippen molar-refractivity contribution in [2.45, 2.75) is 58.5 Å². The number of benzene rings is 2. The number of carbonyl (C=O) groups excluding carboxylic acids is 1. The van der Waals surface area contributed by atoms with Crippen LogP contribution in [0.5, 0.6) is 0 Å². The molecule has 0 radical (unpaired) electrons. The van der Waals surface area contributed by atoms with Crippen LogP contribution in [-0.2, 0) is 20.9 Å². The average molecular weight is 369 g/mol. The maximum absolute atomic E-state index is 11.2. The monoisotopic (exact) mass is 368 g/mol. The van der Waals surface area contributed by atoms with Crippen molar-refractivity contribution in [2.75, 3.05) is 13.2 Å². The van der Waals surface area contributed by atoms with E-state index in [1.807, 2.05) is 13.0 Å². The average Bonchev–Trinajstić information content (AvgIpc) is 2.71. The van der Waals surface area contributed by atoms with Crippen LogP contribution in [0, 0.1) is 0 Å². The molecule has 0 fully saturated rings. The van der Waals surface area contributed by atoms with Gasteiger partial charge in [0, 0.05) is 13.0 Å². The van der Waals surface area contributed by atoms with Crippen LogP contribution in [0.4, 0.5) is 0 Å². The van der Waals surface area contributed by atoms with Crippen LogP contribution in [0.25, 0.3) is 11.1 Å². The Labute approximate surface area is 163 Å². The normalized spacial score (nSPS) is 10.7. The second kappa shape index (κ2) is 13.1. The lowest BCUT2D eigenvalue weighted by Gasteiger charge is -2.06. The van der Waals surface area contributed by atoms with E-state index in [1.165, 1.54) is 36.0 Å². The maximum atomic E-state index is 11.2. The van der Waals surface area contributed by atoms with Crippen LogP contribution in [0.2, 0.25) is 0 Å². The fraction of sp³-hybridized carbons (Fsp3) is 0.458. The first kappa shape index (κ1) is 21.2. The second-order valence-corrected chi connectivity index (χ2v) is 6.79. The van der Waals surface area contributed by atoms with Gasteiger partial charge in [0.1, 0.15) is 0 Å². The van der Waals surface area contributed by atoms with Gasteiger partial charge in [-0.05, 0) is 36.5 Å². The minimum Gasteiger partial charge on any atom is -0.466 e. The van der Waals surface area contributed by atoms with Crippen LogP contribution in [0.15, 0.2) is 54.6 Å². The van der Waals surface area contributed by atoms with Crippen molar-refractivity contribution in [3.8, 4) is 11.1 Å². The highest BCUT2D eigenvalue weighted by atomic mass is 16.5. The van der Waals surface area contributed by atoms with Crippen molar-refractivity contribution in [1.29, 1.82) is 0 Å². The Morgan fingerprint density at radius 2 is 1.41 bits per heavy atom. The highest BCUT2D eigenvalue weighted by Crippen LogP contribution is 2.19. The lowest BCUT2D eigenvalue weighted by molar-refractivity contribution is -0.143. The molecule has 0 saturated heterocycles. The van der Waals surface area contributed by atoms with Gasteiger partial charge < -0.3 is 9.47 Å². The highest BCUT2D eigenvalue weighted by molar-refractivity contribution is 5.69. The van der Waals surface area contributed by atoms with Crippen LogP contribution in [-0.4, -0.2) is 19.2 Å². The molecule has 2 aromatic carbocycles. The van der Waals surface area contributed by atoms with Crippen molar-refractivity contribution in [3.05, 3.63) is 60.2 Å². The van der Waals surface area contributed by atoms with Gasteiger partial charge in [-0.15, -0.1) is 0 Å². The molecule has 0 aliphatic rings. The van der Waals surface area contributed by atoms with Crippen molar-refractivity contribution >= 4 is 5.97 Å². The Morgan fingerprint density at radius 3 is 2.11 bits per heavy atom. The first-order valence-corrected chi connectivity index (χ1v) is 10.2. The number of unbranched alkanes of at least 4 members (excludes halogenated alkanes) is 5. The fourth-order valence-electron chi connectivity index (χ4n) is 3.03. The van der Waals surface area contributed by atoms with Crippen molar-refractivity contribution in [2.24, 2.45) is 0 Å². The predicted molar refractivity (Wildman–Crippen MR) is 110 cm³/mol. The number of ether oxygens (including phenoxy) is 2. The van der Waals surface area contributed by atoms with Gasteiger partial charge in [-0.25, -0.2) is 0 Å². The second-order valence-electron chi connectivity index (χ2n) is 6.79. The Bertz CT molecular complexity index is 634. The van der Waals surface area contributed by atoms with Gasteiger partial charge in [0.05, 0.1) is 13.2 Å². The van der Waals surface area contributed by atoms with Crippen LogP contribution < -0.4 is 0 Å². The molecule has 0 heterocycles. The molecule has 0 atom stereocenters. The zero-order chi connectivity index (χ0) is 19.2. The molecule has 0 aliphatic heterocycles. The van der Waals surface area contributed by atoms with Crippen molar-refractivity contribution < 1.29 is 14.3 Å². The van der Waals surface area contributed by atoms with E-state index >= 15 is 0 Å². The quantitative estimate of drug-likeness (QED) is 0.313. The van der Waals surface area contributed by atoms with Gasteiger partial charge in [-0.3, -0.25) is 4.79 Å². The molecule has 0 spiro atoms. The molecule has 0 bridgehead atoms. The van der Waals surface area contributed by atoms with E-state index in [2.05, 4.69) is 48.5 Å². The first-order chi connectivity index (χ1) is 13.3. The molecule has 0 amide bonds. The lowest BCUT2D eigenvalue weighted by Crippen LogP contribution is -2.03. The Morgan fingerprint density at radius 1 is 0.778 bits per heavy atom. The van der Waals surface area contributed by atoms with E-state index in [0.717, 1.165) is 25.9 Å². The summed E-state index contributed by atoms with van der Waals surface area (Å²) in [7, 11) is 0. The largest absolute Gasteiger partial charge is 0.466 e. The van der Waals surface area contributed by atoms with Crippen LogP contribution >= 0.6 is 0 Å². The number of hydrogen-bond donors (Lipinski definition) is 0. The molecule has 3 heteroatoms. The topological polar surface area (TPSA) is 35.5 Å². The minimum absolute atomic E-state index is 0.0669. The predicted octanol–water partition coefficient (Wildman–Crippen LogP) is 6.16. The molecule has 27 heavy (non-hydrogen) atoms. The zero-order valence-electron chi connectivity index (χ0n) is 16.5. The summed E-state index contributed by atoms with van der Waals surface area (Å²) in [6.07, 6.45) is 7.27. The molecule has 0 unspecified atom stereocenters. The Balaban J connectivity index is 1.48. The summed E-state index contributed by atoms with van der Waals surface area (Å²) in [5.74, 6) is -0.0669. The molecule has 2 aromatic rings. The summed E-state index contributed by atoms with van der Waals surface area (Å²) in [5.41, 5.74) is 3.70. The number of hydrogen-bond acceptors (Lipinski definition) is 3. The van der Waals surface area contributed by atoms with Gasteiger partial charge in [0.25, 0.3) is 0 Å². The van der Waals surface area contributed by atoms with Gasteiger partial charge in [-0.1, -0.05) is 80.3 Å². The minimum atomic E-state index is -0.0669. The van der Waals surface area contributed by atoms with Gasteiger partial charge in [0.2, 0.25) is 0 Å². The molecule has 2 rings (SSSR count). The number of rotatable bonds is 13. The van der Waals surface area contributed by atoms with Crippen molar-refractivity contribution in [1.82, 2.24) is 0 Å². The molecular weight excluding hydrogens is 336 g/mol. The molecule has 0 aromatic heterocycles. The third-order valence-electron chi connectivity index (χ3n) is 4.55. The van der Waals surface area contributed by atoms with E-state index in [0.29, 0.717) is 19.6 Å². The molecule has 3 nitrogen and oxygen atoms in total. The molecule has 0 N–H and O–H groups in total. The summed E-state index contributed by atoms with van der Waals surface area (Å²) < 4.78 is 10.7. The standard InChI is InChI=1S/C24H32O3/c1-2-27-24(25)14-10-5-3-4-6-11-19-26-20-21-15-17-23(18-16-21)22-12-8-7-9-13-22/h7-9,12-13,15-18H,2-6,10-11,14,19-20H2,1H3. The van der Waals surface area contributed by atoms with Gasteiger partial charge in [-0.2, -0.15) is 0 Å². The maximum Gasteiger partial charge on any atom is 0.305 e. The van der Waals surface area contributed by atoms with E-state index in [9.17, 15) is 4.79 Å². The van der Waals surface area contributed by atoms with Crippen LogP contribution in [0.1, 0.15) is 57.4 Å². The van der Waals surface area contributed by atoms with Gasteiger partial charge in [0.15, 0.2) is 0 Å². The van der Waals surface area contributed by atoms with Crippen LogP contribution in [0.3, 0.4) is 0 Å². The van der Waals surface area contributed by atoms with E-state index < -0.39 is 0 Å². The summed E-state index contributed by atoms with van der Waals surface area (Å²) in [4.78, 5) is 11.2. The highest BCUT2D eigenvalue weighted by Gasteiger charge is 2.01. The summed E-state index contributed by atoms with van der Waals surface area (Å²) in [5, 5.41) is 0. The smallest absolute Gasteiger partial charge is 0.305 e. The number of esters is 1. The molecule has 0 aliphatic carbocycles. The third-order valence-corrected chi connectivity index (χ3v) is 4.55. The molecule has 146 valence electrons. The number of carbonyl (C=O) groups is 1. The molecular formula is C24H32O3. The van der Waals surface area contributed by atoms with E-state index in [1.54, 1.807) is 0 Å². The van der Waals surface area contributed by atoms with Crippen molar-refractivity contribution in [3.63, 3.8) is 0 Å². The Kier molecular flexibility index (Phi) is 10.3. The summed E-state index contributed by atoms with van der Waals surface area (Å²) >= 11 is 0. The van der Waals surface area contributed by atoms with E-state index in [4.69, 9.17) is 9.47 Å². The Hall–Kier alpha value is -2.13. The fourth-order valence-corrected chi connectivity index (χ4v) is 3.03. The SMILES string of the molecule is CCOC(=O)CCCCCCCCOCc1ccc(-c2ccccc2)cc1. The summed E-state index contributed by atoms with van der Waals surface area (Å²) in [6.45, 7) is 3.81. The third kappa shape index (κ3) is 8.87. The molecule has 0 saturated carbocycles.